The summed E-state index contributed by atoms with van der Waals surface area (Å²) in [6.45, 7) is 3.72. The highest BCUT2D eigenvalue weighted by molar-refractivity contribution is 5.91. The predicted octanol–water partition coefficient (Wildman–Crippen LogP) is 3.81. The highest BCUT2D eigenvalue weighted by Crippen LogP contribution is 2.32. The number of rotatable bonds is 4. The first kappa shape index (κ1) is 17.7. The van der Waals surface area contributed by atoms with Crippen LogP contribution in [0.2, 0.25) is 0 Å². The molecule has 23 heavy (non-hydrogen) atoms. The summed E-state index contributed by atoms with van der Waals surface area (Å²) >= 11 is 0. The molecule has 0 aliphatic carbocycles. The zero-order valence-electron chi connectivity index (χ0n) is 12.8. The molecule has 7 heteroatoms. The zero-order chi connectivity index (χ0) is 17.0. The number of nitrogens with one attached hydrogen (secondary N) is 2. The molecule has 0 saturated carbocycles. The maximum atomic E-state index is 13.6. The number of hydrogen-bond acceptors (Lipinski definition) is 2. The second kappa shape index (κ2) is 7.29. The van der Waals surface area contributed by atoms with E-state index in [0.717, 1.165) is 25.9 Å². The summed E-state index contributed by atoms with van der Waals surface area (Å²) in [4.78, 5) is 12.0. The van der Waals surface area contributed by atoms with E-state index in [4.69, 9.17) is 0 Å². The first-order valence-corrected chi connectivity index (χ1v) is 7.64. The Morgan fingerprint density at radius 1 is 1.43 bits per heavy atom. The van der Waals surface area contributed by atoms with E-state index in [0.29, 0.717) is 24.1 Å². The number of alkyl halides is 3. The number of piperidine rings is 1. The molecular formula is C16H20F4N2O. The maximum Gasteiger partial charge on any atom is 0.416 e. The van der Waals surface area contributed by atoms with Crippen molar-refractivity contribution in [3.05, 3.63) is 29.6 Å². The standard InChI is InChI=1S/C16H20F4N2O/c1-10(11-3-2-6-21-9-11)7-15(23)22-14-8-12(16(18,19)20)4-5-13(14)17/h4-5,8,10-11,21H,2-3,6-7,9H2,1H3,(H,22,23). The molecule has 2 rings (SSSR count). The van der Waals surface area contributed by atoms with E-state index < -0.39 is 29.2 Å². The van der Waals surface area contributed by atoms with Crippen LogP contribution in [0.25, 0.3) is 0 Å². The predicted molar refractivity (Wildman–Crippen MR) is 79.4 cm³/mol. The van der Waals surface area contributed by atoms with E-state index in [2.05, 4.69) is 10.6 Å². The van der Waals surface area contributed by atoms with E-state index >= 15 is 0 Å². The van der Waals surface area contributed by atoms with Gasteiger partial charge in [0.15, 0.2) is 0 Å². The quantitative estimate of drug-likeness (QED) is 0.823. The summed E-state index contributed by atoms with van der Waals surface area (Å²) in [6, 6.07) is 1.99. The zero-order valence-corrected chi connectivity index (χ0v) is 12.8. The van der Waals surface area contributed by atoms with Crippen LogP contribution >= 0.6 is 0 Å². The van der Waals surface area contributed by atoms with Gasteiger partial charge in [-0.3, -0.25) is 4.79 Å². The molecule has 1 heterocycles. The monoisotopic (exact) mass is 332 g/mol. The molecule has 0 bridgehead atoms. The average molecular weight is 332 g/mol. The van der Waals surface area contributed by atoms with Crippen LogP contribution in [0.4, 0.5) is 23.2 Å². The summed E-state index contributed by atoms with van der Waals surface area (Å²) in [5.41, 5.74) is -1.42. The lowest BCUT2D eigenvalue weighted by Crippen LogP contribution is -2.34. The second-order valence-corrected chi connectivity index (χ2v) is 6.03. The summed E-state index contributed by atoms with van der Waals surface area (Å²) in [7, 11) is 0. The molecule has 0 aromatic heterocycles. The van der Waals surface area contributed by atoms with E-state index in [1.807, 2.05) is 6.92 Å². The minimum Gasteiger partial charge on any atom is -0.324 e. The molecule has 3 nitrogen and oxygen atoms in total. The first-order valence-electron chi connectivity index (χ1n) is 7.64. The normalized spacial score (nSPS) is 20.1. The van der Waals surface area contributed by atoms with Crippen LogP contribution in [-0.2, 0) is 11.0 Å². The molecular weight excluding hydrogens is 312 g/mol. The van der Waals surface area contributed by atoms with Crippen molar-refractivity contribution in [3.8, 4) is 0 Å². The summed E-state index contributed by atoms with van der Waals surface area (Å²) in [5.74, 6) is -0.919. The number of benzene rings is 1. The molecule has 2 unspecified atom stereocenters. The summed E-state index contributed by atoms with van der Waals surface area (Å²) < 4.78 is 51.6. The number of carbonyl (C=O) groups excluding carboxylic acids is 1. The molecule has 1 aliphatic heterocycles. The van der Waals surface area contributed by atoms with Gasteiger partial charge >= 0.3 is 6.18 Å². The number of hydrogen-bond donors (Lipinski definition) is 2. The lowest BCUT2D eigenvalue weighted by atomic mass is 9.85. The molecule has 128 valence electrons. The molecule has 0 spiro atoms. The van der Waals surface area contributed by atoms with Crippen molar-refractivity contribution < 1.29 is 22.4 Å². The van der Waals surface area contributed by atoms with Crippen molar-refractivity contribution in [2.45, 2.75) is 32.4 Å². The highest BCUT2D eigenvalue weighted by atomic mass is 19.4. The van der Waals surface area contributed by atoms with E-state index in [9.17, 15) is 22.4 Å². The smallest absolute Gasteiger partial charge is 0.324 e. The van der Waals surface area contributed by atoms with Crippen LogP contribution in [0.1, 0.15) is 31.7 Å². The van der Waals surface area contributed by atoms with Gasteiger partial charge in [-0.15, -0.1) is 0 Å². The van der Waals surface area contributed by atoms with E-state index in [1.54, 1.807) is 0 Å². The Morgan fingerprint density at radius 3 is 2.78 bits per heavy atom. The Kier molecular flexibility index (Phi) is 5.62. The van der Waals surface area contributed by atoms with Crippen LogP contribution in [-0.4, -0.2) is 19.0 Å². The van der Waals surface area contributed by atoms with Gasteiger partial charge in [-0.1, -0.05) is 6.92 Å². The van der Waals surface area contributed by atoms with Gasteiger partial charge in [0.2, 0.25) is 5.91 Å². The molecule has 2 N–H and O–H groups in total. The lowest BCUT2D eigenvalue weighted by Gasteiger charge is -2.28. The number of anilines is 1. The van der Waals surface area contributed by atoms with Crippen molar-refractivity contribution in [2.75, 3.05) is 18.4 Å². The minimum absolute atomic E-state index is 0.0802. The highest BCUT2D eigenvalue weighted by Gasteiger charge is 2.31. The topological polar surface area (TPSA) is 41.1 Å². The van der Waals surface area contributed by atoms with E-state index in [-0.39, 0.29) is 12.3 Å². The Morgan fingerprint density at radius 2 is 2.17 bits per heavy atom. The Hall–Kier alpha value is -1.63. The van der Waals surface area contributed by atoms with Crippen molar-refractivity contribution >= 4 is 11.6 Å². The minimum atomic E-state index is -4.58. The van der Waals surface area contributed by atoms with Crippen molar-refractivity contribution in [2.24, 2.45) is 11.8 Å². The molecule has 1 fully saturated rings. The number of halogens is 4. The molecule has 1 aromatic rings. The lowest BCUT2D eigenvalue weighted by molar-refractivity contribution is -0.137. The van der Waals surface area contributed by atoms with Gasteiger partial charge in [0.05, 0.1) is 11.3 Å². The van der Waals surface area contributed by atoms with Gasteiger partial charge in [-0.05, 0) is 56.0 Å². The molecule has 2 atom stereocenters. The fourth-order valence-electron chi connectivity index (χ4n) is 2.82. The average Bonchev–Trinajstić information content (AvgIpc) is 2.49. The molecule has 1 aromatic carbocycles. The molecule has 1 aliphatic rings. The van der Waals surface area contributed by atoms with Crippen LogP contribution in [0.3, 0.4) is 0 Å². The Bertz CT molecular complexity index is 554. The van der Waals surface area contributed by atoms with Crippen LogP contribution < -0.4 is 10.6 Å². The fraction of sp³-hybridized carbons (Fsp3) is 0.562. The van der Waals surface area contributed by atoms with Gasteiger partial charge in [-0.25, -0.2) is 4.39 Å². The molecule has 1 saturated heterocycles. The van der Waals surface area contributed by atoms with Crippen LogP contribution in [0, 0.1) is 17.7 Å². The number of carbonyl (C=O) groups is 1. The van der Waals surface area contributed by atoms with Gasteiger partial charge in [0.25, 0.3) is 0 Å². The van der Waals surface area contributed by atoms with Crippen molar-refractivity contribution in [3.63, 3.8) is 0 Å². The van der Waals surface area contributed by atoms with Gasteiger partial charge in [0, 0.05) is 6.42 Å². The van der Waals surface area contributed by atoms with Crippen molar-refractivity contribution in [1.82, 2.24) is 5.32 Å². The number of amides is 1. The van der Waals surface area contributed by atoms with Crippen LogP contribution in [0.5, 0.6) is 0 Å². The largest absolute Gasteiger partial charge is 0.416 e. The second-order valence-electron chi connectivity index (χ2n) is 6.03. The van der Waals surface area contributed by atoms with E-state index in [1.165, 1.54) is 0 Å². The third-order valence-electron chi connectivity index (χ3n) is 4.21. The summed E-state index contributed by atoms with van der Waals surface area (Å²) in [5, 5.41) is 5.51. The SMILES string of the molecule is CC(CC(=O)Nc1cc(C(F)(F)F)ccc1F)C1CCCNC1. The maximum absolute atomic E-state index is 13.6. The third-order valence-corrected chi connectivity index (χ3v) is 4.21. The molecule has 1 amide bonds. The van der Waals surface area contributed by atoms with Gasteiger partial charge < -0.3 is 10.6 Å². The molecule has 0 radical (unpaired) electrons. The Labute approximate surface area is 132 Å². The third kappa shape index (κ3) is 4.92. The van der Waals surface area contributed by atoms with Gasteiger partial charge in [0.1, 0.15) is 5.82 Å². The fourth-order valence-corrected chi connectivity index (χ4v) is 2.82. The van der Waals surface area contributed by atoms with Crippen molar-refractivity contribution in [1.29, 1.82) is 0 Å². The van der Waals surface area contributed by atoms with Gasteiger partial charge in [-0.2, -0.15) is 13.2 Å². The Balaban J connectivity index is 1.99. The summed E-state index contributed by atoms with van der Waals surface area (Å²) in [6.07, 6.45) is -2.37. The van der Waals surface area contributed by atoms with Crippen LogP contribution in [0.15, 0.2) is 18.2 Å². The first-order chi connectivity index (χ1) is 10.8.